The van der Waals surface area contributed by atoms with Crippen LogP contribution in [0.2, 0.25) is 0 Å². The smallest absolute Gasteiger partial charge is 0.191 e. The van der Waals surface area contributed by atoms with Crippen molar-refractivity contribution in [2.45, 2.75) is 65.3 Å². The zero-order chi connectivity index (χ0) is 12.5. The third kappa shape index (κ3) is 8.16. The fraction of sp³-hybridized carbons (Fsp3) is 0.929. The van der Waals surface area contributed by atoms with Crippen molar-refractivity contribution < 1.29 is 0 Å². The van der Waals surface area contributed by atoms with Crippen LogP contribution in [0, 0.1) is 5.92 Å². The first-order valence-corrected chi connectivity index (χ1v) is 7.27. The van der Waals surface area contributed by atoms with Crippen LogP contribution in [0.25, 0.3) is 0 Å². The molecule has 0 aliphatic heterocycles. The second kappa shape index (κ2) is 10.9. The molecule has 0 spiro atoms. The predicted molar refractivity (Wildman–Crippen MR) is 90.9 cm³/mol. The van der Waals surface area contributed by atoms with E-state index in [0.29, 0.717) is 6.04 Å². The molecule has 0 radical (unpaired) electrons. The molecule has 1 saturated carbocycles. The van der Waals surface area contributed by atoms with Gasteiger partial charge in [0.05, 0.1) is 0 Å². The molecule has 2 N–H and O–H groups in total. The lowest BCUT2D eigenvalue weighted by Crippen LogP contribution is -2.42. The number of nitrogens with one attached hydrogen (secondary N) is 2. The fourth-order valence-electron chi connectivity index (χ4n) is 2.27. The molecule has 0 saturated heterocycles. The second-order valence-electron chi connectivity index (χ2n) is 5.42. The summed E-state index contributed by atoms with van der Waals surface area (Å²) in [6, 6.07) is 0.651. The van der Waals surface area contributed by atoms with E-state index in [1.807, 2.05) is 0 Å². The molecule has 1 aliphatic carbocycles. The van der Waals surface area contributed by atoms with Crippen LogP contribution < -0.4 is 10.6 Å². The summed E-state index contributed by atoms with van der Waals surface area (Å²) in [5.74, 6) is 1.80. The zero-order valence-corrected chi connectivity index (χ0v) is 14.5. The summed E-state index contributed by atoms with van der Waals surface area (Å²) in [7, 11) is 0. The number of halogens is 1. The summed E-state index contributed by atoms with van der Waals surface area (Å²) in [5.41, 5.74) is 0. The van der Waals surface area contributed by atoms with Crippen molar-refractivity contribution in [1.29, 1.82) is 0 Å². The Morgan fingerprint density at radius 3 is 2.50 bits per heavy atom. The van der Waals surface area contributed by atoms with E-state index in [2.05, 4.69) is 36.4 Å². The monoisotopic (exact) mass is 367 g/mol. The minimum Gasteiger partial charge on any atom is -0.357 e. The van der Waals surface area contributed by atoms with Crippen LogP contribution in [-0.4, -0.2) is 25.1 Å². The van der Waals surface area contributed by atoms with Crippen LogP contribution >= 0.6 is 24.0 Å². The van der Waals surface area contributed by atoms with Crippen molar-refractivity contribution >= 4 is 29.9 Å². The van der Waals surface area contributed by atoms with Crippen LogP contribution in [0.5, 0.6) is 0 Å². The second-order valence-corrected chi connectivity index (χ2v) is 5.42. The maximum atomic E-state index is 4.64. The quantitative estimate of drug-likeness (QED) is 0.326. The molecule has 1 fully saturated rings. The fourth-order valence-corrected chi connectivity index (χ4v) is 2.27. The lowest BCUT2D eigenvalue weighted by Gasteiger charge is -2.16. The van der Waals surface area contributed by atoms with Crippen LogP contribution in [0.15, 0.2) is 4.99 Å². The van der Waals surface area contributed by atoms with E-state index in [1.54, 1.807) is 0 Å². The van der Waals surface area contributed by atoms with Gasteiger partial charge in [-0.1, -0.05) is 26.7 Å². The number of hydrogen-bond acceptors (Lipinski definition) is 1. The van der Waals surface area contributed by atoms with E-state index in [4.69, 9.17) is 0 Å². The topological polar surface area (TPSA) is 36.4 Å². The third-order valence-electron chi connectivity index (χ3n) is 3.25. The molecule has 1 rings (SSSR count). The van der Waals surface area contributed by atoms with Gasteiger partial charge in [-0.25, -0.2) is 0 Å². The van der Waals surface area contributed by atoms with Crippen LogP contribution in [0.4, 0.5) is 0 Å². The molecule has 0 aromatic heterocycles. The molecule has 108 valence electrons. The zero-order valence-electron chi connectivity index (χ0n) is 12.2. The molecule has 0 bridgehead atoms. The van der Waals surface area contributed by atoms with Crippen molar-refractivity contribution in [1.82, 2.24) is 10.6 Å². The average molecular weight is 367 g/mol. The number of nitrogens with zero attached hydrogens (tertiary/aromatic N) is 1. The van der Waals surface area contributed by atoms with E-state index < -0.39 is 0 Å². The van der Waals surface area contributed by atoms with Gasteiger partial charge in [0, 0.05) is 19.1 Å². The van der Waals surface area contributed by atoms with Gasteiger partial charge in [-0.05, 0) is 38.5 Å². The highest BCUT2D eigenvalue weighted by molar-refractivity contribution is 14.0. The molecule has 18 heavy (non-hydrogen) atoms. The number of rotatable bonds is 6. The first-order chi connectivity index (χ1) is 8.22. The Hall–Kier alpha value is 0. The van der Waals surface area contributed by atoms with Gasteiger partial charge < -0.3 is 10.6 Å². The largest absolute Gasteiger partial charge is 0.357 e. The molecule has 0 atom stereocenters. The Morgan fingerprint density at radius 2 is 1.94 bits per heavy atom. The molecular weight excluding hydrogens is 337 g/mol. The van der Waals surface area contributed by atoms with Crippen molar-refractivity contribution in [3.63, 3.8) is 0 Å². The van der Waals surface area contributed by atoms with Crippen molar-refractivity contribution in [2.75, 3.05) is 13.1 Å². The summed E-state index contributed by atoms with van der Waals surface area (Å²) in [4.78, 5) is 4.64. The molecule has 3 nitrogen and oxygen atoms in total. The van der Waals surface area contributed by atoms with Crippen molar-refractivity contribution in [3.05, 3.63) is 0 Å². The standard InChI is InChI=1S/C14H29N3.HI/c1-4-15-14(16-11-7-8-12(2)3)17-13-9-5-6-10-13;/h12-13H,4-11H2,1-3H3,(H2,15,16,17);1H. The van der Waals surface area contributed by atoms with Gasteiger partial charge in [0.15, 0.2) is 5.96 Å². The van der Waals surface area contributed by atoms with Gasteiger partial charge in [0.2, 0.25) is 0 Å². The molecular formula is C14H30IN3. The minimum absolute atomic E-state index is 0. The Kier molecular flexibility index (Phi) is 10.9. The van der Waals surface area contributed by atoms with Gasteiger partial charge in [-0.2, -0.15) is 0 Å². The molecule has 0 aromatic carbocycles. The van der Waals surface area contributed by atoms with E-state index in [9.17, 15) is 0 Å². The highest BCUT2D eigenvalue weighted by Crippen LogP contribution is 2.17. The number of hydrogen-bond donors (Lipinski definition) is 2. The van der Waals surface area contributed by atoms with Crippen molar-refractivity contribution in [2.24, 2.45) is 10.9 Å². The molecule has 4 heteroatoms. The van der Waals surface area contributed by atoms with Crippen LogP contribution in [-0.2, 0) is 0 Å². The van der Waals surface area contributed by atoms with Crippen LogP contribution in [0.3, 0.4) is 0 Å². The van der Waals surface area contributed by atoms with Gasteiger partial charge in [-0.15, -0.1) is 24.0 Å². The number of guanidine groups is 1. The van der Waals surface area contributed by atoms with E-state index in [0.717, 1.165) is 25.0 Å². The maximum Gasteiger partial charge on any atom is 0.191 e. The summed E-state index contributed by atoms with van der Waals surface area (Å²) in [6.07, 6.45) is 7.80. The highest BCUT2D eigenvalue weighted by atomic mass is 127. The Morgan fingerprint density at radius 1 is 1.28 bits per heavy atom. The highest BCUT2D eigenvalue weighted by Gasteiger charge is 2.15. The van der Waals surface area contributed by atoms with Gasteiger partial charge in [-0.3, -0.25) is 4.99 Å². The predicted octanol–water partition coefficient (Wildman–Crippen LogP) is 3.54. The molecule has 1 aliphatic rings. The molecule has 0 amide bonds. The first-order valence-electron chi connectivity index (χ1n) is 7.27. The normalized spacial score (nSPS) is 16.8. The van der Waals surface area contributed by atoms with E-state index >= 15 is 0 Å². The molecule has 0 aromatic rings. The Labute approximate surface area is 130 Å². The lowest BCUT2D eigenvalue weighted by atomic mass is 10.1. The van der Waals surface area contributed by atoms with Gasteiger partial charge in [0.1, 0.15) is 0 Å². The van der Waals surface area contributed by atoms with Crippen LogP contribution in [0.1, 0.15) is 59.3 Å². The summed E-state index contributed by atoms with van der Waals surface area (Å²) in [5, 5.41) is 6.88. The average Bonchev–Trinajstić information content (AvgIpc) is 2.77. The van der Waals surface area contributed by atoms with Crippen molar-refractivity contribution in [3.8, 4) is 0 Å². The maximum absolute atomic E-state index is 4.64. The molecule has 0 unspecified atom stereocenters. The van der Waals surface area contributed by atoms with Gasteiger partial charge >= 0.3 is 0 Å². The summed E-state index contributed by atoms with van der Waals surface area (Å²) < 4.78 is 0. The summed E-state index contributed by atoms with van der Waals surface area (Å²) in [6.45, 7) is 8.56. The number of aliphatic imine (C=N–C) groups is 1. The Bertz CT molecular complexity index is 223. The Balaban J connectivity index is 0.00000289. The van der Waals surface area contributed by atoms with Gasteiger partial charge in [0.25, 0.3) is 0 Å². The minimum atomic E-state index is 0. The van der Waals surface area contributed by atoms with E-state index in [-0.39, 0.29) is 24.0 Å². The third-order valence-corrected chi connectivity index (χ3v) is 3.25. The SMILES string of the molecule is CCNC(=NCCCC(C)C)NC1CCCC1.I. The summed E-state index contributed by atoms with van der Waals surface area (Å²) >= 11 is 0. The lowest BCUT2D eigenvalue weighted by molar-refractivity contribution is 0.558. The first kappa shape index (κ1) is 18.0. The molecule has 0 heterocycles. The van der Waals surface area contributed by atoms with E-state index in [1.165, 1.54) is 38.5 Å².